The first-order chi connectivity index (χ1) is 9.22. The molecule has 0 aromatic heterocycles. The highest BCUT2D eigenvalue weighted by molar-refractivity contribution is 5.37. The third kappa shape index (κ3) is 3.76. The molecule has 0 saturated carbocycles. The smallest absolute Gasteiger partial charge is 0.123 e. The summed E-state index contributed by atoms with van der Waals surface area (Å²) in [4.78, 5) is 2.31. The first-order valence-electron chi connectivity index (χ1n) is 6.84. The Morgan fingerprint density at radius 3 is 3.05 bits per heavy atom. The second-order valence-electron chi connectivity index (χ2n) is 5.23. The molecular weight excluding hydrogens is 241 g/mol. The van der Waals surface area contributed by atoms with Gasteiger partial charge in [0.1, 0.15) is 5.82 Å². The Kier molecular flexibility index (Phi) is 4.89. The van der Waals surface area contributed by atoms with E-state index in [9.17, 15) is 4.39 Å². The fourth-order valence-electron chi connectivity index (χ4n) is 2.81. The number of hydrogen-bond donors (Lipinski definition) is 1. The van der Waals surface area contributed by atoms with Gasteiger partial charge in [0, 0.05) is 13.1 Å². The molecule has 1 atom stereocenters. The summed E-state index contributed by atoms with van der Waals surface area (Å²) < 4.78 is 13.3. The van der Waals surface area contributed by atoms with E-state index in [4.69, 9.17) is 11.0 Å². The van der Waals surface area contributed by atoms with E-state index in [1.54, 1.807) is 6.07 Å². The van der Waals surface area contributed by atoms with Crippen molar-refractivity contribution in [2.45, 2.75) is 25.8 Å². The van der Waals surface area contributed by atoms with Crippen molar-refractivity contribution in [1.82, 2.24) is 4.90 Å². The molecule has 19 heavy (non-hydrogen) atoms. The van der Waals surface area contributed by atoms with Crippen LogP contribution in [0.2, 0.25) is 0 Å². The summed E-state index contributed by atoms with van der Waals surface area (Å²) in [5.74, 6) is 0.363. The van der Waals surface area contributed by atoms with Crippen molar-refractivity contribution in [3.63, 3.8) is 0 Å². The molecule has 1 unspecified atom stereocenters. The van der Waals surface area contributed by atoms with Gasteiger partial charge in [-0.2, -0.15) is 5.26 Å². The van der Waals surface area contributed by atoms with Gasteiger partial charge in [-0.1, -0.05) is 0 Å². The number of nitrogens with two attached hydrogens (primary N) is 1. The molecule has 1 aliphatic rings. The van der Waals surface area contributed by atoms with Crippen LogP contribution in [0.4, 0.5) is 4.39 Å². The molecule has 1 aromatic carbocycles. The zero-order valence-corrected chi connectivity index (χ0v) is 11.1. The molecule has 3 nitrogen and oxygen atoms in total. The Hall–Kier alpha value is -1.44. The van der Waals surface area contributed by atoms with E-state index in [1.807, 2.05) is 0 Å². The van der Waals surface area contributed by atoms with Crippen LogP contribution < -0.4 is 5.73 Å². The third-order valence-corrected chi connectivity index (χ3v) is 3.76. The fraction of sp³-hybridized carbons (Fsp3) is 0.533. The van der Waals surface area contributed by atoms with Crippen LogP contribution in [0.1, 0.15) is 30.4 Å². The molecule has 1 aromatic rings. The zero-order valence-electron chi connectivity index (χ0n) is 11.1. The van der Waals surface area contributed by atoms with Gasteiger partial charge in [-0.25, -0.2) is 4.39 Å². The third-order valence-electron chi connectivity index (χ3n) is 3.76. The molecule has 1 saturated heterocycles. The maximum Gasteiger partial charge on any atom is 0.123 e. The largest absolute Gasteiger partial charge is 0.330 e. The van der Waals surface area contributed by atoms with E-state index in [0.717, 1.165) is 38.0 Å². The molecule has 0 amide bonds. The SMILES string of the molecule is N#Cc1ccc(F)cc1CN1CCCC(CCN)C1. The summed E-state index contributed by atoms with van der Waals surface area (Å²) in [6.07, 6.45) is 3.43. The first kappa shape index (κ1) is 14.0. The van der Waals surface area contributed by atoms with Gasteiger partial charge in [-0.05, 0) is 62.0 Å². The Labute approximate surface area is 113 Å². The van der Waals surface area contributed by atoms with Crippen LogP contribution in [-0.4, -0.2) is 24.5 Å². The van der Waals surface area contributed by atoms with E-state index < -0.39 is 0 Å². The second kappa shape index (κ2) is 6.65. The highest BCUT2D eigenvalue weighted by atomic mass is 19.1. The predicted octanol–water partition coefficient (Wildman–Crippen LogP) is 2.26. The number of halogens is 1. The number of likely N-dealkylation sites (tertiary alicyclic amines) is 1. The first-order valence-corrected chi connectivity index (χ1v) is 6.84. The van der Waals surface area contributed by atoms with Gasteiger partial charge in [-0.15, -0.1) is 0 Å². The van der Waals surface area contributed by atoms with Gasteiger partial charge in [0.05, 0.1) is 11.6 Å². The molecule has 102 valence electrons. The van der Waals surface area contributed by atoms with Crippen molar-refractivity contribution in [3.8, 4) is 6.07 Å². The minimum atomic E-state index is -0.274. The molecule has 0 spiro atoms. The van der Waals surface area contributed by atoms with Crippen LogP contribution in [0.15, 0.2) is 18.2 Å². The lowest BCUT2D eigenvalue weighted by atomic mass is 9.94. The average molecular weight is 261 g/mol. The van der Waals surface area contributed by atoms with Gasteiger partial charge in [0.15, 0.2) is 0 Å². The summed E-state index contributed by atoms with van der Waals surface area (Å²) in [5, 5.41) is 9.07. The Morgan fingerprint density at radius 1 is 1.47 bits per heavy atom. The Morgan fingerprint density at radius 2 is 2.32 bits per heavy atom. The van der Waals surface area contributed by atoms with Gasteiger partial charge in [-0.3, -0.25) is 4.90 Å². The number of rotatable bonds is 4. The van der Waals surface area contributed by atoms with Crippen LogP contribution in [-0.2, 0) is 6.54 Å². The molecule has 1 fully saturated rings. The molecule has 0 bridgehead atoms. The number of nitrogens with zero attached hydrogens (tertiary/aromatic N) is 2. The van der Waals surface area contributed by atoms with Crippen molar-refractivity contribution in [1.29, 1.82) is 5.26 Å². The summed E-state index contributed by atoms with van der Waals surface area (Å²) in [6.45, 7) is 3.39. The van der Waals surface area contributed by atoms with Crippen molar-refractivity contribution in [2.24, 2.45) is 11.7 Å². The van der Waals surface area contributed by atoms with Crippen molar-refractivity contribution in [3.05, 3.63) is 35.1 Å². The number of nitriles is 1. The summed E-state index contributed by atoms with van der Waals surface area (Å²) in [6, 6.07) is 6.52. The standard InChI is InChI=1S/C15H20FN3/c16-15-4-3-13(9-18)14(8-15)11-19-7-1-2-12(10-19)5-6-17/h3-4,8,12H,1-2,5-7,10-11,17H2. The maximum atomic E-state index is 13.3. The second-order valence-corrected chi connectivity index (χ2v) is 5.23. The maximum absolute atomic E-state index is 13.3. The van der Waals surface area contributed by atoms with Crippen LogP contribution in [0, 0.1) is 23.1 Å². The van der Waals surface area contributed by atoms with Crippen LogP contribution in [0.25, 0.3) is 0 Å². The van der Waals surface area contributed by atoms with E-state index in [-0.39, 0.29) is 5.82 Å². The van der Waals surface area contributed by atoms with Crippen molar-refractivity contribution >= 4 is 0 Å². The van der Waals surface area contributed by atoms with E-state index in [0.29, 0.717) is 18.0 Å². The normalized spacial score (nSPS) is 20.2. The molecule has 2 rings (SSSR count). The molecule has 2 N–H and O–H groups in total. The highest BCUT2D eigenvalue weighted by Crippen LogP contribution is 2.22. The van der Waals surface area contributed by atoms with Crippen molar-refractivity contribution < 1.29 is 4.39 Å². The van der Waals surface area contributed by atoms with Crippen LogP contribution in [0.3, 0.4) is 0 Å². The van der Waals surface area contributed by atoms with E-state index >= 15 is 0 Å². The summed E-state index contributed by atoms with van der Waals surface area (Å²) in [7, 11) is 0. The molecule has 0 radical (unpaired) electrons. The van der Waals surface area contributed by atoms with Crippen LogP contribution >= 0.6 is 0 Å². The van der Waals surface area contributed by atoms with E-state index in [2.05, 4.69) is 11.0 Å². The van der Waals surface area contributed by atoms with Gasteiger partial charge in [0.2, 0.25) is 0 Å². The molecule has 4 heteroatoms. The monoisotopic (exact) mass is 261 g/mol. The van der Waals surface area contributed by atoms with Crippen LogP contribution in [0.5, 0.6) is 0 Å². The highest BCUT2D eigenvalue weighted by Gasteiger charge is 2.20. The van der Waals surface area contributed by atoms with Gasteiger partial charge >= 0.3 is 0 Å². The summed E-state index contributed by atoms with van der Waals surface area (Å²) in [5.41, 5.74) is 6.97. The topological polar surface area (TPSA) is 53.0 Å². The Bertz CT molecular complexity index is 465. The zero-order chi connectivity index (χ0) is 13.7. The quantitative estimate of drug-likeness (QED) is 0.904. The number of benzene rings is 1. The number of hydrogen-bond acceptors (Lipinski definition) is 3. The predicted molar refractivity (Wildman–Crippen MR) is 72.8 cm³/mol. The lowest BCUT2D eigenvalue weighted by molar-refractivity contribution is 0.163. The van der Waals surface area contributed by atoms with Gasteiger partial charge < -0.3 is 5.73 Å². The molecule has 0 aliphatic carbocycles. The minimum absolute atomic E-state index is 0.274. The number of piperidine rings is 1. The molecular formula is C15H20FN3. The average Bonchev–Trinajstić information content (AvgIpc) is 2.40. The lowest BCUT2D eigenvalue weighted by Crippen LogP contribution is -2.35. The molecule has 1 heterocycles. The molecule has 1 aliphatic heterocycles. The lowest BCUT2D eigenvalue weighted by Gasteiger charge is -2.32. The summed E-state index contributed by atoms with van der Waals surface area (Å²) >= 11 is 0. The minimum Gasteiger partial charge on any atom is -0.330 e. The van der Waals surface area contributed by atoms with Gasteiger partial charge in [0.25, 0.3) is 0 Å². The Balaban J connectivity index is 2.04. The van der Waals surface area contributed by atoms with Crippen molar-refractivity contribution in [2.75, 3.05) is 19.6 Å². The van der Waals surface area contributed by atoms with E-state index in [1.165, 1.54) is 18.6 Å². The fourth-order valence-corrected chi connectivity index (χ4v) is 2.81.